The van der Waals surface area contributed by atoms with Crippen molar-refractivity contribution in [2.24, 2.45) is 0 Å². The van der Waals surface area contributed by atoms with Crippen LogP contribution in [0.3, 0.4) is 0 Å². The van der Waals surface area contributed by atoms with Gasteiger partial charge in [-0.25, -0.2) is 0 Å². The van der Waals surface area contributed by atoms with E-state index in [9.17, 15) is 4.79 Å². The highest BCUT2D eigenvalue weighted by atomic mass is 32.1. The second-order valence-electron chi connectivity index (χ2n) is 6.63. The van der Waals surface area contributed by atoms with Gasteiger partial charge in [-0.2, -0.15) is 0 Å². The van der Waals surface area contributed by atoms with Gasteiger partial charge in [-0.05, 0) is 30.2 Å². The van der Waals surface area contributed by atoms with E-state index in [4.69, 9.17) is 4.52 Å². The predicted molar refractivity (Wildman–Crippen MR) is 99.9 cm³/mol. The molecule has 6 nitrogen and oxygen atoms in total. The van der Waals surface area contributed by atoms with Crippen LogP contribution in [-0.2, 0) is 19.5 Å². The van der Waals surface area contributed by atoms with Crippen molar-refractivity contribution >= 4 is 17.2 Å². The second kappa shape index (κ2) is 7.01. The number of amides is 1. The summed E-state index contributed by atoms with van der Waals surface area (Å²) in [4.78, 5) is 22.3. The van der Waals surface area contributed by atoms with E-state index in [0.717, 1.165) is 41.4 Å². The summed E-state index contributed by atoms with van der Waals surface area (Å²) in [5, 5.41) is 4.17. The molecular weight excluding hydrogens is 348 g/mol. The molecule has 0 atom stereocenters. The summed E-state index contributed by atoms with van der Waals surface area (Å²) in [6.07, 6.45) is 4.46. The third kappa shape index (κ3) is 3.40. The molecule has 4 rings (SSSR count). The highest BCUT2D eigenvalue weighted by molar-refractivity contribution is 7.14. The predicted octanol–water partition coefficient (Wildman–Crippen LogP) is 3.06. The number of carbonyl (C=O) groups is 1. The van der Waals surface area contributed by atoms with Crippen molar-refractivity contribution < 1.29 is 9.32 Å². The minimum Gasteiger partial charge on any atom is -0.359 e. The summed E-state index contributed by atoms with van der Waals surface area (Å²) in [7, 11) is 3.58. The molecule has 0 aromatic carbocycles. The monoisotopic (exact) mass is 368 g/mol. The average molecular weight is 368 g/mol. The van der Waals surface area contributed by atoms with E-state index in [0.29, 0.717) is 6.54 Å². The maximum absolute atomic E-state index is 12.2. The summed E-state index contributed by atoms with van der Waals surface area (Å²) in [5.41, 5.74) is 3.08. The van der Waals surface area contributed by atoms with Crippen molar-refractivity contribution in [1.82, 2.24) is 19.9 Å². The van der Waals surface area contributed by atoms with E-state index in [2.05, 4.69) is 15.0 Å². The van der Waals surface area contributed by atoms with Gasteiger partial charge in [-0.3, -0.25) is 14.7 Å². The van der Waals surface area contributed by atoms with Gasteiger partial charge >= 0.3 is 0 Å². The third-order valence-corrected chi connectivity index (χ3v) is 5.70. The molecule has 0 spiro atoms. The molecule has 1 aliphatic heterocycles. The van der Waals surface area contributed by atoms with E-state index >= 15 is 0 Å². The van der Waals surface area contributed by atoms with Crippen LogP contribution >= 0.6 is 11.3 Å². The molecule has 134 valence electrons. The topological polar surface area (TPSA) is 62.5 Å². The lowest BCUT2D eigenvalue weighted by atomic mass is 10.1. The first-order chi connectivity index (χ1) is 12.6. The zero-order valence-corrected chi connectivity index (χ0v) is 15.6. The number of nitrogens with zero attached hydrogens (tertiary/aromatic N) is 4. The van der Waals surface area contributed by atoms with Gasteiger partial charge in [-0.1, -0.05) is 5.16 Å². The van der Waals surface area contributed by atoms with Crippen molar-refractivity contribution in [1.29, 1.82) is 0 Å². The minimum absolute atomic E-state index is 0.0770. The van der Waals surface area contributed by atoms with Crippen molar-refractivity contribution in [3.63, 3.8) is 0 Å². The maximum atomic E-state index is 12.2. The summed E-state index contributed by atoms with van der Waals surface area (Å²) in [5.74, 6) is 0.924. The van der Waals surface area contributed by atoms with E-state index in [1.165, 1.54) is 10.4 Å². The molecule has 3 aromatic heterocycles. The van der Waals surface area contributed by atoms with Gasteiger partial charge in [0.25, 0.3) is 5.91 Å². The molecule has 0 bridgehead atoms. The number of hydrogen-bond acceptors (Lipinski definition) is 6. The summed E-state index contributed by atoms with van der Waals surface area (Å²) in [6.45, 7) is 2.50. The molecule has 0 saturated carbocycles. The van der Waals surface area contributed by atoms with Crippen molar-refractivity contribution in [2.45, 2.75) is 19.5 Å². The first kappa shape index (κ1) is 16.9. The molecule has 0 aliphatic carbocycles. The van der Waals surface area contributed by atoms with E-state index < -0.39 is 0 Å². The second-order valence-corrected chi connectivity index (χ2v) is 7.77. The normalized spacial score (nSPS) is 14.2. The van der Waals surface area contributed by atoms with Crippen molar-refractivity contribution in [2.75, 3.05) is 20.6 Å². The summed E-state index contributed by atoms with van der Waals surface area (Å²) < 4.78 is 5.51. The molecule has 3 aromatic rings. The molecule has 26 heavy (non-hydrogen) atoms. The first-order valence-corrected chi connectivity index (χ1v) is 9.33. The number of rotatable bonds is 4. The van der Waals surface area contributed by atoms with Crippen LogP contribution in [0.25, 0.3) is 11.3 Å². The first-order valence-electron chi connectivity index (χ1n) is 8.52. The van der Waals surface area contributed by atoms with Gasteiger partial charge in [0.15, 0.2) is 5.76 Å². The lowest BCUT2D eigenvalue weighted by molar-refractivity contribution is 0.0832. The number of thiophene rings is 1. The molecule has 1 amide bonds. The number of aromatic nitrogens is 2. The molecule has 7 heteroatoms. The lowest BCUT2D eigenvalue weighted by Crippen LogP contribution is -2.28. The van der Waals surface area contributed by atoms with Crippen LogP contribution in [0.1, 0.15) is 25.9 Å². The Labute approximate surface area is 156 Å². The highest BCUT2D eigenvalue weighted by Gasteiger charge is 2.23. The fourth-order valence-corrected chi connectivity index (χ4v) is 4.30. The van der Waals surface area contributed by atoms with Gasteiger partial charge in [0.05, 0.1) is 11.4 Å². The van der Waals surface area contributed by atoms with Gasteiger partial charge in [0, 0.05) is 56.1 Å². The Hall–Kier alpha value is -2.51. The van der Waals surface area contributed by atoms with E-state index in [-0.39, 0.29) is 5.91 Å². The molecule has 0 fully saturated rings. The molecule has 0 N–H and O–H groups in total. The Bertz CT molecular complexity index is 917. The molecule has 4 heterocycles. The molecule has 0 radical (unpaired) electrons. The van der Waals surface area contributed by atoms with Crippen LogP contribution in [-0.4, -0.2) is 46.5 Å². The van der Waals surface area contributed by atoms with Gasteiger partial charge in [0.1, 0.15) is 5.69 Å². The Morgan fingerprint density at radius 2 is 2.12 bits per heavy atom. The number of fused-ring (bicyclic) bond motifs is 1. The Kier molecular flexibility index (Phi) is 4.57. The number of pyridine rings is 1. The van der Waals surface area contributed by atoms with Crippen LogP contribution in [0.4, 0.5) is 0 Å². The Morgan fingerprint density at radius 1 is 1.31 bits per heavy atom. The van der Waals surface area contributed by atoms with Crippen LogP contribution in [0.5, 0.6) is 0 Å². The molecule has 0 saturated heterocycles. The minimum atomic E-state index is 0.0770. The fourth-order valence-electron chi connectivity index (χ4n) is 3.12. The summed E-state index contributed by atoms with van der Waals surface area (Å²) >= 11 is 1.62. The summed E-state index contributed by atoms with van der Waals surface area (Å²) in [6, 6.07) is 7.86. The largest absolute Gasteiger partial charge is 0.359 e. The van der Waals surface area contributed by atoms with Crippen molar-refractivity contribution in [3.05, 3.63) is 57.7 Å². The zero-order valence-electron chi connectivity index (χ0n) is 14.8. The van der Waals surface area contributed by atoms with Crippen molar-refractivity contribution in [3.8, 4) is 11.3 Å². The fraction of sp³-hybridized carbons (Fsp3) is 0.316. The third-order valence-electron chi connectivity index (χ3n) is 4.48. The van der Waals surface area contributed by atoms with Crippen LogP contribution < -0.4 is 0 Å². The highest BCUT2D eigenvalue weighted by Crippen LogP contribution is 2.30. The standard InChI is InChI=1S/C19H20N4O2S/c1-22(2)19(24)18-9-14-11-23(8-5-17(14)26-18)12-15-10-16(21-25-15)13-3-6-20-7-4-13/h3-4,6-7,9-10H,5,8,11-12H2,1-2H3. The quantitative estimate of drug-likeness (QED) is 0.708. The Balaban J connectivity index is 1.45. The van der Waals surface area contributed by atoms with Gasteiger partial charge in [0.2, 0.25) is 0 Å². The number of hydrogen-bond donors (Lipinski definition) is 0. The molecular formula is C19H20N4O2S. The average Bonchev–Trinajstić information content (AvgIpc) is 3.28. The smallest absolute Gasteiger partial charge is 0.263 e. The van der Waals surface area contributed by atoms with Gasteiger partial charge < -0.3 is 9.42 Å². The van der Waals surface area contributed by atoms with Gasteiger partial charge in [-0.15, -0.1) is 11.3 Å². The SMILES string of the molecule is CN(C)C(=O)c1cc2c(s1)CCN(Cc1cc(-c3ccncc3)no1)C2. The van der Waals surface area contributed by atoms with E-state index in [1.54, 1.807) is 42.7 Å². The van der Waals surface area contributed by atoms with Crippen LogP contribution in [0.2, 0.25) is 0 Å². The number of carbonyl (C=O) groups excluding carboxylic acids is 1. The molecule has 0 unspecified atom stereocenters. The van der Waals surface area contributed by atoms with E-state index in [1.807, 2.05) is 24.3 Å². The lowest BCUT2D eigenvalue weighted by Gasteiger charge is -2.25. The van der Waals surface area contributed by atoms with Crippen LogP contribution in [0.15, 0.2) is 41.2 Å². The zero-order chi connectivity index (χ0) is 18.1. The molecule has 1 aliphatic rings. The maximum Gasteiger partial charge on any atom is 0.263 e. The Morgan fingerprint density at radius 3 is 2.88 bits per heavy atom. The van der Waals surface area contributed by atoms with Crippen LogP contribution in [0, 0.1) is 0 Å².